The maximum Gasteiger partial charge on any atom is 0.255 e. The van der Waals surface area contributed by atoms with Crippen molar-refractivity contribution in [1.29, 1.82) is 0 Å². The van der Waals surface area contributed by atoms with Crippen LogP contribution in [0.3, 0.4) is 0 Å². The zero-order valence-electron chi connectivity index (χ0n) is 16.7. The molecule has 4 rings (SSSR count). The molecule has 1 amide bonds. The molecule has 0 saturated carbocycles. The number of anilines is 1. The van der Waals surface area contributed by atoms with E-state index < -0.39 is 9.84 Å². The number of nitrogens with zero attached hydrogens (tertiary/aromatic N) is 3. The molecule has 0 radical (unpaired) electrons. The van der Waals surface area contributed by atoms with E-state index in [2.05, 4.69) is 9.88 Å². The maximum atomic E-state index is 13.5. The minimum Gasteiger partial charge on any atom is -0.342 e. The maximum absolute atomic E-state index is 13.5. The summed E-state index contributed by atoms with van der Waals surface area (Å²) >= 11 is 1.43. The quantitative estimate of drug-likeness (QED) is 0.611. The fourth-order valence-corrected chi connectivity index (χ4v) is 5.88. The van der Waals surface area contributed by atoms with Gasteiger partial charge in [0.05, 0.1) is 26.4 Å². The lowest BCUT2D eigenvalue weighted by Crippen LogP contribution is -2.54. The van der Waals surface area contributed by atoms with Crippen molar-refractivity contribution in [3.63, 3.8) is 0 Å². The van der Waals surface area contributed by atoms with E-state index in [0.717, 1.165) is 15.3 Å². The zero-order chi connectivity index (χ0) is 21.5. The van der Waals surface area contributed by atoms with Crippen LogP contribution >= 0.6 is 11.3 Å². The molecule has 1 saturated heterocycles. The molecule has 1 fully saturated rings. The van der Waals surface area contributed by atoms with E-state index >= 15 is 0 Å². The third kappa shape index (κ3) is 3.79. The van der Waals surface area contributed by atoms with E-state index in [-0.39, 0.29) is 34.0 Å². The van der Waals surface area contributed by atoms with Gasteiger partial charge in [-0.1, -0.05) is 30.4 Å². The van der Waals surface area contributed by atoms with Crippen LogP contribution < -0.4 is 4.90 Å². The van der Waals surface area contributed by atoms with Gasteiger partial charge in [-0.15, -0.1) is 0 Å². The summed E-state index contributed by atoms with van der Waals surface area (Å²) in [4.78, 5) is 21.6. The van der Waals surface area contributed by atoms with Gasteiger partial charge in [0.2, 0.25) is 0 Å². The van der Waals surface area contributed by atoms with Gasteiger partial charge in [-0.05, 0) is 37.3 Å². The van der Waals surface area contributed by atoms with Crippen LogP contribution in [0.2, 0.25) is 0 Å². The molecular formula is C21H22FN3O3S2. The highest BCUT2D eigenvalue weighted by Crippen LogP contribution is 2.32. The molecule has 158 valence electrons. The minimum absolute atomic E-state index is 0.0111. The number of hydrogen-bond acceptors (Lipinski definition) is 6. The highest BCUT2D eigenvalue weighted by Gasteiger charge is 2.31. The molecule has 0 bridgehead atoms. The monoisotopic (exact) mass is 447 g/mol. The Labute approximate surface area is 178 Å². The van der Waals surface area contributed by atoms with Crippen molar-refractivity contribution in [3.05, 3.63) is 53.8 Å². The first-order valence-electron chi connectivity index (χ1n) is 9.74. The van der Waals surface area contributed by atoms with Crippen LogP contribution in [0, 0.1) is 5.82 Å². The van der Waals surface area contributed by atoms with Crippen LogP contribution in [0.4, 0.5) is 9.52 Å². The number of hydrogen-bond donors (Lipinski definition) is 0. The third-order valence-electron chi connectivity index (χ3n) is 5.33. The Hall–Kier alpha value is -2.52. The number of benzene rings is 2. The van der Waals surface area contributed by atoms with E-state index in [0.29, 0.717) is 19.6 Å². The fraction of sp³-hybridized carbons (Fsp3) is 0.333. The Morgan fingerprint density at radius 1 is 1.23 bits per heavy atom. The second-order valence-corrected chi connectivity index (χ2v) is 10.6. The van der Waals surface area contributed by atoms with Gasteiger partial charge in [-0.25, -0.2) is 17.8 Å². The smallest absolute Gasteiger partial charge is 0.255 e. The van der Waals surface area contributed by atoms with E-state index in [1.54, 1.807) is 36.1 Å². The number of carbonyl (C=O) groups excluding carboxylic acids is 1. The summed E-state index contributed by atoms with van der Waals surface area (Å²) in [5, 5.41) is 0.796. The number of halogens is 1. The Bertz CT molecular complexity index is 1210. The molecule has 9 heteroatoms. The predicted molar refractivity (Wildman–Crippen MR) is 116 cm³/mol. The minimum atomic E-state index is -3.50. The Kier molecular flexibility index (Phi) is 5.50. The highest BCUT2D eigenvalue weighted by molar-refractivity contribution is 7.91. The van der Waals surface area contributed by atoms with Gasteiger partial charge in [0.25, 0.3) is 5.91 Å². The number of fused-ring (bicyclic) bond motifs is 1. The van der Waals surface area contributed by atoms with Crippen LogP contribution in [0.15, 0.2) is 47.4 Å². The molecule has 0 spiro atoms. The summed E-state index contributed by atoms with van der Waals surface area (Å²) < 4.78 is 39.1. The molecule has 30 heavy (non-hydrogen) atoms. The molecule has 1 aliphatic heterocycles. The SMILES string of the molecule is CCS(=O)(=O)c1ccccc1C(=O)N1CCN(c2nc3ccc(F)cc3s2)[C@H](C)C1. The average molecular weight is 448 g/mol. The van der Waals surface area contributed by atoms with Crippen molar-refractivity contribution in [2.75, 3.05) is 30.3 Å². The summed E-state index contributed by atoms with van der Waals surface area (Å²) in [6.07, 6.45) is 0. The normalized spacial score (nSPS) is 17.5. The molecule has 0 aliphatic carbocycles. The summed E-state index contributed by atoms with van der Waals surface area (Å²) in [5.41, 5.74) is 0.969. The van der Waals surface area contributed by atoms with Crippen molar-refractivity contribution in [3.8, 4) is 0 Å². The van der Waals surface area contributed by atoms with Crippen molar-refractivity contribution in [2.45, 2.75) is 24.8 Å². The first-order chi connectivity index (χ1) is 14.3. The third-order valence-corrected chi connectivity index (χ3v) is 8.17. The predicted octanol–water partition coefficient (Wildman–Crippen LogP) is 3.58. The molecule has 3 aromatic rings. The number of thiazole rings is 1. The zero-order valence-corrected chi connectivity index (χ0v) is 18.3. The van der Waals surface area contributed by atoms with E-state index in [4.69, 9.17) is 0 Å². The van der Waals surface area contributed by atoms with Gasteiger partial charge in [-0.2, -0.15) is 0 Å². The topological polar surface area (TPSA) is 70.6 Å². The summed E-state index contributed by atoms with van der Waals surface area (Å²) in [6, 6.07) is 10.9. The van der Waals surface area contributed by atoms with Crippen molar-refractivity contribution >= 4 is 42.4 Å². The number of amides is 1. The lowest BCUT2D eigenvalue weighted by Gasteiger charge is -2.40. The molecule has 2 aromatic carbocycles. The molecule has 1 aliphatic rings. The van der Waals surface area contributed by atoms with Crippen LogP contribution in [0.25, 0.3) is 10.2 Å². The lowest BCUT2D eigenvalue weighted by molar-refractivity contribution is 0.0722. The van der Waals surface area contributed by atoms with Gasteiger partial charge in [-0.3, -0.25) is 4.79 Å². The number of aromatic nitrogens is 1. The summed E-state index contributed by atoms with van der Waals surface area (Å²) in [6.45, 7) is 5.04. The lowest BCUT2D eigenvalue weighted by atomic mass is 10.1. The first-order valence-corrected chi connectivity index (χ1v) is 12.2. The summed E-state index contributed by atoms with van der Waals surface area (Å²) in [7, 11) is -3.50. The average Bonchev–Trinajstić information content (AvgIpc) is 3.15. The van der Waals surface area contributed by atoms with Crippen molar-refractivity contribution in [2.24, 2.45) is 0 Å². The largest absolute Gasteiger partial charge is 0.342 e. The molecule has 6 nitrogen and oxygen atoms in total. The molecular weight excluding hydrogens is 425 g/mol. The Balaban J connectivity index is 1.55. The van der Waals surface area contributed by atoms with Crippen LogP contribution in [0.1, 0.15) is 24.2 Å². The second kappa shape index (κ2) is 7.96. The molecule has 0 N–H and O–H groups in total. The van der Waals surface area contributed by atoms with E-state index in [9.17, 15) is 17.6 Å². The number of piperazine rings is 1. The molecule has 2 heterocycles. The van der Waals surface area contributed by atoms with Gasteiger partial charge < -0.3 is 9.80 Å². The molecule has 1 aromatic heterocycles. The number of carbonyl (C=O) groups is 1. The van der Waals surface area contributed by atoms with Gasteiger partial charge >= 0.3 is 0 Å². The van der Waals surface area contributed by atoms with Crippen LogP contribution in [0.5, 0.6) is 0 Å². The fourth-order valence-electron chi connectivity index (χ4n) is 3.68. The van der Waals surface area contributed by atoms with Crippen molar-refractivity contribution < 1.29 is 17.6 Å². The number of sulfone groups is 1. The van der Waals surface area contributed by atoms with Crippen LogP contribution in [-0.4, -0.2) is 55.6 Å². The first kappa shape index (κ1) is 20.7. The van der Waals surface area contributed by atoms with Gasteiger partial charge in [0.15, 0.2) is 15.0 Å². The molecule has 0 unspecified atom stereocenters. The van der Waals surface area contributed by atoms with Gasteiger partial charge in [0.1, 0.15) is 5.82 Å². The standard InChI is InChI=1S/C21H22FN3O3S2/c1-3-30(27,28)19-7-5-4-6-16(19)20(26)24-10-11-25(14(2)13-24)21-23-17-9-8-15(22)12-18(17)29-21/h4-9,12,14H,3,10-11,13H2,1-2H3/t14-/m1/s1. The van der Waals surface area contributed by atoms with E-state index in [1.165, 1.54) is 29.5 Å². The molecule has 1 atom stereocenters. The summed E-state index contributed by atoms with van der Waals surface area (Å²) in [5.74, 6) is -0.623. The highest BCUT2D eigenvalue weighted by atomic mass is 32.2. The Morgan fingerprint density at radius 2 is 2.00 bits per heavy atom. The van der Waals surface area contributed by atoms with Gasteiger partial charge in [0, 0.05) is 25.7 Å². The van der Waals surface area contributed by atoms with Crippen molar-refractivity contribution in [1.82, 2.24) is 9.88 Å². The Morgan fingerprint density at radius 3 is 2.73 bits per heavy atom. The number of rotatable bonds is 4. The van der Waals surface area contributed by atoms with E-state index in [1.807, 2.05) is 6.92 Å². The second-order valence-electron chi connectivity index (χ2n) is 7.30. The van der Waals surface area contributed by atoms with Crippen LogP contribution in [-0.2, 0) is 9.84 Å².